The Balaban J connectivity index is 2.30. The quantitative estimate of drug-likeness (QED) is 0.284. The van der Waals surface area contributed by atoms with Crippen LogP contribution >= 0.6 is 23.2 Å². The van der Waals surface area contributed by atoms with Crippen molar-refractivity contribution >= 4 is 29.4 Å². The SMILES string of the molecule is O=C(O)Oc1cccc(CCCCCCCC(Cl)Cl)c1O. The highest BCUT2D eigenvalue weighted by molar-refractivity contribution is 6.44. The van der Waals surface area contributed by atoms with Crippen LogP contribution in [0, 0.1) is 0 Å². The predicted molar refractivity (Wildman–Crippen MR) is 83.7 cm³/mol. The molecule has 118 valence electrons. The third-order valence-corrected chi connectivity index (χ3v) is 3.58. The summed E-state index contributed by atoms with van der Waals surface area (Å²) < 4.78 is 4.51. The minimum absolute atomic E-state index is 0.0183. The van der Waals surface area contributed by atoms with Gasteiger partial charge < -0.3 is 14.9 Å². The number of para-hydroxylation sites is 1. The van der Waals surface area contributed by atoms with Crippen LogP contribution in [0.2, 0.25) is 0 Å². The molecular weight excluding hydrogens is 315 g/mol. The minimum Gasteiger partial charge on any atom is -0.504 e. The molecule has 0 amide bonds. The van der Waals surface area contributed by atoms with E-state index in [2.05, 4.69) is 4.74 Å². The van der Waals surface area contributed by atoms with Crippen molar-refractivity contribution in [2.24, 2.45) is 0 Å². The Bertz CT molecular complexity index is 449. The van der Waals surface area contributed by atoms with Crippen molar-refractivity contribution in [3.05, 3.63) is 23.8 Å². The summed E-state index contributed by atoms with van der Waals surface area (Å²) >= 11 is 11.3. The molecule has 0 aliphatic carbocycles. The first kappa shape index (κ1) is 17.9. The monoisotopic (exact) mass is 334 g/mol. The number of phenolic OH excluding ortho intramolecular Hbond substituents is 1. The van der Waals surface area contributed by atoms with Gasteiger partial charge in [0.2, 0.25) is 0 Å². The Morgan fingerprint density at radius 3 is 2.48 bits per heavy atom. The van der Waals surface area contributed by atoms with E-state index in [0.717, 1.165) is 38.5 Å². The second-order valence-electron chi connectivity index (χ2n) is 4.83. The summed E-state index contributed by atoms with van der Waals surface area (Å²) in [5.74, 6) is -0.109. The number of aryl methyl sites for hydroxylation is 1. The smallest absolute Gasteiger partial charge is 0.504 e. The van der Waals surface area contributed by atoms with Crippen molar-refractivity contribution in [3.63, 3.8) is 0 Å². The van der Waals surface area contributed by atoms with Crippen molar-refractivity contribution in [1.29, 1.82) is 0 Å². The number of aromatic hydroxyl groups is 1. The minimum atomic E-state index is -1.43. The fraction of sp³-hybridized carbons (Fsp3) is 0.533. The van der Waals surface area contributed by atoms with Gasteiger partial charge in [0.05, 0.1) is 0 Å². The van der Waals surface area contributed by atoms with E-state index in [-0.39, 0.29) is 16.3 Å². The number of rotatable bonds is 9. The van der Waals surface area contributed by atoms with Crippen LogP contribution < -0.4 is 4.74 Å². The summed E-state index contributed by atoms with van der Waals surface area (Å²) in [6, 6.07) is 4.88. The van der Waals surface area contributed by atoms with Crippen molar-refractivity contribution < 1.29 is 19.7 Å². The molecule has 0 atom stereocenters. The molecule has 0 heterocycles. The van der Waals surface area contributed by atoms with E-state index >= 15 is 0 Å². The maximum atomic E-state index is 10.5. The van der Waals surface area contributed by atoms with Gasteiger partial charge in [-0.25, -0.2) is 4.79 Å². The molecular formula is C15H20Cl2O4. The molecule has 1 aromatic rings. The van der Waals surface area contributed by atoms with Crippen LogP contribution in [0.4, 0.5) is 4.79 Å². The number of benzene rings is 1. The Kier molecular flexibility index (Phi) is 8.31. The molecule has 0 bridgehead atoms. The van der Waals surface area contributed by atoms with Gasteiger partial charge in [-0.3, -0.25) is 0 Å². The van der Waals surface area contributed by atoms with Crippen molar-refractivity contribution in [2.75, 3.05) is 0 Å². The standard InChI is InChI=1S/C15H20Cl2O4/c16-13(17)10-5-3-1-2-4-7-11-8-6-9-12(14(11)18)21-15(19)20/h6,8-9,13,18H,1-5,7,10H2,(H,19,20). The van der Waals surface area contributed by atoms with E-state index in [4.69, 9.17) is 28.3 Å². The van der Waals surface area contributed by atoms with E-state index in [1.807, 2.05) is 0 Å². The molecule has 0 saturated heterocycles. The summed E-state index contributed by atoms with van der Waals surface area (Å²) in [6.07, 6.45) is 5.24. The fourth-order valence-corrected chi connectivity index (χ4v) is 2.40. The zero-order valence-corrected chi connectivity index (χ0v) is 13.2. The third-order valence-electron chi connectivity index (χ3n) is 3.15. The lowest BCUT2D eigenvalue weighted by Crippen LogP contribution is -2.03. The molecule has 0 saturated carbocycles. The number of hydrogen-bond donors (Lipinski definition) is 2. The zero-order valence-electron chi connectivity index (χ0n) is 11.7. The van der Waals surface area contributed by atoms with Crippen LogP contribution in [0.15, 0.2) is 18.2 Å². The van der Waals surface area contributed by atoms with Gasteiger partial charge >= 0.3 is 6.16 Å². The summed E-state index contributed by atoms with van der Waals surface area (Å²) in [5, 5.41) is 18.5. The first-order valence-electron chi connectivity index (χ1n) is 7.00. The lowest BCUT2D eigenvalue weighted by molar-refractivity contribution is 0.143. The molecule has 4 nitrogen and oxygen atoms in total. The predicted octanol–water partition coefficient (Wildman–Crippen LogP) is 5.14. The van der Waals surface area contributed by atoms with Crippen molar-refractivity contribution in [2.45, 2.75) is 49.8 Å². The van der Waals surface area contributed by atoms with Gasteiger partial charge in [0.1, 0.15) is 4.84 Å². The van der Waals surface area contributed by atoms with E-state index in [1.54, 1.807) is 12.1 Å². The molecule has 0 aliphatic heterocycles. The van der Waals surface area contributed by atoms with E-state index in [0.29, 0.717) is 12.0 Å². The highest BCUT2D eigenvalue weighted by Crippen LogP contribution is 2.31. The van der Waals surface area contributed by atoms with Crippen molar-refractivity contribution in [3.8, 4) is 11.5 Å². The summed E-state index contributed by atoms with van der Waals surface area (Å²) in [6.45, 7) is 0. The molecule has 0 unspecified atom stereocenters. The van der Waals surface area contributed by atoms with Crippen LogP contribution in [-0.2, 0) is 6.42 Å². The summed E-state index contributed by atoms with van der Waals surface area (Å²) in [4.78, 5) is 10.2. The number of halogens is 2. The molecule has 0 aromatic heterocycles. The lowest BCUT2D eigenvalue weighted by Gasteiger charge is -2.08. The Hall–Kier alpha value is -1.13. The van der Waals surface area contributed by atoms with Gasteiger partial charge in [-0.2, -0.15) is 0 Å². The largest absolute Gasteiger partial charge is 0.511 e. The summed E-state index contributed by atoms with van der Waals surface area (Å²) in [5.41, 5.74) is 0.704. The number of carbonyl (C=O) groups is 1. The second-order valence-corrected chi connectivity index (χ2v) is 6.11. The molecule has 0 aliphatic rings. The molecule has 21 heavy (non-hydrogen) atoms. The zero-order chi connectivity index (χ0) is 15.7. The average Bonchev–Trinajstić information content (AvgIpc) is 2.40. The van der Waals surface area contributed by atoms with Gasteiger partial charge in [0.25, 0.3) is 0 Å². The van der Waals surface area contributed by atoms with Crippen LogP contribution in [0.25, 0.3) is 0 Å². The first-order valence-corrected chi connectivity index (χ1v) is 7.87. The third kappa shape index (κ3) is 7.44. The van der Waals surface area contributed by atoms with Gasteiger partial charge in [-0.05, 0) is 30.9 Å². The van der Waals surface area contributed by atoms with Gasteiger partial charge in [-0.15, -0.1) is 23.2 Å². The Morgan fingerprint density at radius 1 is 1.14 bits per heavy atom. The van der Waals surface area contributed by atoms with Crippen LogP contribution in [0.5, 0.6) is 11.5 Å². The normalized spacial score (nSPS) is 10.8. The fourth-order valence-electron chi connectivity index (χ4n) is 2.09. The molecule has 1 aromatic carbocycles. The Labute approximate surface area is 134 Å². The molecule has 0 radical (unpaired) electrons. The topological polar surface area (TPSA) is 66.8 Å². The van der Waals surface area contributed by atoms with Crippen LogP contribution in [0.3, 0.4) is 0 Å². The Morgan fingerprint density at radius 2 is 1.81 bits per heavy atom. The number of unbranched alkanes of at least 4 members (excludes halogenated alkanes) is 4. The molecule has 6 heteroatoms. The lowest BCUT2D eigenvalue weighted by atomic mass is 10.0. The maximum absolute atomic E-state index is 10.5. The van der Waals surface area contributed by atoms with Gasteiger partial charge in [0, 0.05) is 0 Å². The van der Waals surface area contributed by atoms with Crippen molar-refractivity contribution in [1.82, 2.24) is 0 Å². The highest BCUT2D eigenvalue weighted by atomic mass is 35.5. The molecule has 0 fully saturated rings. The van der Waals surface area contributed by atoms with Gasteiger partial charge in [0.15, 0.2) is 11.5 Å². The van der Waals surface area contributed by atoms with E-state index in [1.165, 1.54) is 6.07 Å². The number of carboxylic acid groups (broad SMARTS) is 1. The second kappa shape index (κ2) is 9.74. The van der Waals surface area contributed by atoms with Crippen LogP contribution in [-0.4, -0.2) is 21.2 Å². The number of hydrogen-bond acceptors (Lipinski definition) is 3. The van der Waals surface area contributed by atoms with Crippen LogP contribution in [0.1, 0.15) is 44.1 Å². The number of phenols is 1. The first-order chi connectivity index (χ1) is 10.0. The molecule has 2 N–H and O–H groups in total. The summed E-state index contributed by atoms with van der Waals surface area (Å²) in [7, 11) is 0. The number of alkyl halides is 2. The highest BCUT2D eigenvalue weighted by Gasteiger charge is 2.10. The van der Waals surface area contributed by atoms with E-state index in [9.17, 15) is 9.90 Å². The van der Waals surface area contributed by atoms with E-state index < -0.39 is 6.16 Å². The van der Waals surface area contributed by atoms with Gasteiger partial charge in [-0.1, -0.05) is 37.8 Å². The molecule has 1 rings (SSSR count). The molecule has 0 spiro atoms. The average molecular weight is 335 g/mol. The maximum Gasteiger partial charge on any atom is 0.511 e. The number of ether oxygens (including phenoxy) is 1.